The molecule has 9 heavy (non-hydrogen) atoms. The van der Waals surface area contributed by atoms with Gasteiger partial charge in [-0.25, -0.2) is 0 Å². The summed E-state index contributed by atoms with van der Waals surface area (Å²) < 4.78 is 0. The number of rotatable bonds is 3. The molecule has 1 nitrogen and oxygen atoms in total. The van der Waals surface area contributed by atoms with Crippen LogP contribution in [-0.4, -0.2) is 0 Å². The largest absolute Gasteiger partial charge is 0.198 e. The van der Waals surface area contributed by atoms with Gasteiger partial charge in [0, 0.05) is 0 Å². The van der Waals surface area contributed by atoms with Crippen molar-refractivity contribution in [3.05, 3.63) is 6.92 Å². The SMILES string of the molecule is [CH2]C(C)(C#N)CCCC. The van der Waals surface area contributed by atoms with Crippen LogP contribution in [-0.2, 0) is 0 Å². The zero-order valence-electron chi connectivity index (χ0n) is 6.28. The van der Waals surface area contributed by atoms with Gasteiger partial charge in [0.15, 0.2) is 0 Å². The highest BCUT2D eigenvalue weighted by atomic mass is 14.3. The third-order valence-corrected chi connectivity index (χ3v) is 1.35. The molecule has 1 unspecified atom stereocenters. The fourth-order valence-electron chi connectivity index (χ4n) is 0.623. The minimum Gasteiger partial charge on any atom is -0.198 e. The van der Waals surface area contributed by atoms with E-state index in [0.29, 0.717) is 0 Å². The summed E-state index contributed by atoms with van der Waals surface area (Å²) in [6.07, 6.45) is 3.17. The van der Waals surface area contributed by atoms with Gasteiger partial charge in [0.2, 0.25) is 0 Å². The molecule has 0 fully saturated rings. The van der Waals surface area contributed by atoms with Gasteiger partial charge >= 0.3 is 0 Å². The summed E-state index contributed by atoms with van der Waals surface area (Å²) in [6, 6.07) is 2.16. The molecule has 0 amide bonds. The maximum Gasteiger partial charge on any atom is 0.0686 e. The van der Waals surface area contributed by atoms with Crippen molar-refractivity contribution in [2.24, 2.45) is 5.41 Å². The van der Waals surface area contributed by atoms with E-state index in [4.69, 9.17) is 5.26 Å². The Morgan fingerprint density at radius 1 is 1.67 bits per heavy atom. The van der Waals surface area contributed by atoms with E-state index in [9.17, 15) is 0 Å². The third-order valence-electron chi connectivity index (χ3n) is 1.35. The van der Waals surface area contributed by atoms with E-state index in [0.717, 1.165) is 19.3 Å². The summed E-state index contributed by atoms with van der Waals surface area (Å²) >= 11 is 0. The van der Waals surface area contributed by atoms with E-state index in [1.165, 1.54) is 0 Å². The topological polar surface area (TPSA) is 23.8 Å². The molecule has 0 spiro atoms. The molecule has 0 bridgehead atoms. The lowest BCUT2D eigenvalue weighted by molar-refractivity contribution is 0.483. The van der Waals surface area contributed by atoms with Gasteiger partial charge in [-0.1, -0.05) is 19.8 Å². The zero-order chi connectivity index (χ0) is 7.33. The van der Waals surface area contributed by atoms with Crippen molar-refractivity contribution in [2.75, 3.05) is 0 Å². The molecule has 0 aliphatic rings. The summed E-state index contributed by atoms with van der Waals surface area (Å²) in [5.74, 6) is 0. The van der Waals surface area contributed by atoms with E-state index in [2.05, 4.69) is 19.9 Å². The lowest BCUT2D eigenvalue weighted by Crippen LogP contribution is -2.07. The third kappa shape index (κ3) is 4.02. The van der Waals surface area contributed by atoms with Crippen LogP contribution in [0.25, 0.3) is 0 Å². The second-order valence-corrected chi connectivity index (χ2v) is 2.78. The van der Waals surface area contributed by atoms with Crippen LogP contribution in [0.15, 0.2) is 0 Å². The zero-order valence-corrected chi connectivity index (χ0v) is 6.28. The predicted octanol–water partition coefficient (Wildman–Crippen LogP) is 2.54. The highest BCUT2D eigenvalue weighted by molar-refractivity contribution is 4.97. The molecule has 0 aromatic rings. The van der Waals surface area contributed by atoms with Crippen LogP contribution in [0, 0.1) is 23.7 Å². The van der Waals surface area contributed by atoms with Gasteiger partial charge in [-0.3, -0.25) is 0 Å². The van der Waals surface area contributed by atoms with Crippen molar-refractivity contribution in [1.29, 1.82) is 5.26 Å². The van der Waals surface area contributed by atoms with Crippen LogP contribution in [0.2, 0.25) is 0 Å². The Bertz CT molecular complexity index is 108. The molecule has 0 saturated heterocycles. The van der Waals surface area contributed by atoms with Gasteiger partial charge < -0.3 is 0 Å². The molecule has 0 aromatic heterocycles. The molecule has 0 aliphatic carbocycles. The summed E-state index contributed by atoms with van der Waals surface area (Å²) in [5, 5.41) is 8.51. The van der Waals surface area contributed by atoms with Crippen molar-refractivity contribution in [3.8, 4) is 6.07 Å². The first-order valence-corrected chi connectivity index (χ1v) is 3.39. The minimum atomic E-state index is -0.351. The molecular formula is C8H14N. The lowest BCUT2D eigenvalue weighted by atomic mass is 9.89. The summed E-state index contributed by atoms with van der Waals surface area (Å²) in [6.45, 7) is 7.76. The maximum atomic E-state index is 8.51. The number of hydrogen-bond acceptors (Lipinski definition) is 1. The van der Waals surface area contributed by atoms with Gasteiger partial charge in [-0.15, -0.1) is 0 Å². The summed E-state index contributed by atoms with van der Waals surface area (Å²) in [7, 11) is 0. The first-order valence-electron chi connectivity index (χ1n) is 3.39. The van der Waals surface area contributed by atoms with Crippen LogP contribution < -0.4 is 0 Å². The molecule has 0 N–H and O–H groups in total. The number of unbranched alkanes of at least 4 members (excludes halogenated alkanes) is 1. The van der Waals surface area contributed by atoms with Gasteiger partial charge in [-0.2, -0.15) is 5.26 Å². The molecular weight excluding hydrogens is 110 g/mol. The van der Waals surface area contributed by atoms with Gasteiger partial charge in [0.05, 0.1) is 11.5 Å². The highest BCUT2D eigenvalue weighted by Gasteiger charge is 2.14. The molecule has 1 radical (unpaired) electrons. The van der Waals surface area contributed by atoms with Crippen LogP contribution >= 0.6 is 0 Å². The Kier molecular flexibility index (Phi) is 3.30. The Hall–Kier alpha value is -0.510. The van der Waals surface area contributed by atoms with Crippen LogP contribution in [0.1, 0.15) is 33.1 Å². The normalized spacial score (nSPS) is 10.9. The number of nitriles is 1. The smallest absolute Gasteiger partial charge is 0.0686 e. The van der Waals surface area contributed by atoms with Crippen molar-refractivity contribution >= 4 is 0 Å². The standard InChI is InChI=1S/C8H14N/c1-4-5-6-8(2,3)7-9/h2,4-6H2,1,3H3. The molecule has 51 valence electrons. The van der Waals surface area contributed by atoms with Gasteiger partial charge in [0.25, 0.3) is 0 Å². The van der Waals surface area contributed by atoms with Crippen LogP contribution in [0.3, 0.4) is 0 Å². The molecule has 1 atom stereocenters. The van der Waals surface area contributed by atoms with Crippen LogP contribution in [0.4, 0.5) is 0 Å². The number of hydrogen-bond donors (Lipinski definition) is 0. The highest BCUT2D eigenvalue weighted by Crippen LogP contribution is 2.20. The maximum absolute atomic E-state index is 8.51. The second kappa shape index (κ2) is 3.50. The molecule has 0 aromatic carbocycles. The second-order valence-electron chi connectivity index (χ2n) is 2.78. The number of nitrogens with zero attached hydrogens (tertiary/aromatic N) is 1. The monoisotopic (exact) mass is 124 g/mol. The van der Waals surface area contributed by atoms with E-state index in [-0.39, 0.29) is 5.41 Å². The summed E-state index contributed by atoms with van der Waals surface area (Å²) in [4.78, 5) is 0. The van der Waals surface area contributed by atoms with Crippen molar-refractivity contribution in [1.82, 2.24) is 0 Å². The molecule has 1 heteroatoms. The van der Waals surface area contributed by atoms with Crippen molar-refractivity contribution in [2.45, 2.75) is 33.1 Å². The molecule has 0 aliphatic heterocycles. The average molecular weight is 124 g/mol. The Morgan fingerprint density at radius 3 is 2.56 bits per heavy atom. The minimum absolute atomic E-state index is 0.351. The average Bonchev–Trinajstić information content (AvgIpc) is 1.84. The molecule has 0 saturated carbocycles. The first kappa shape index (κ1) is 8.49. The molecule has 0 rings (SSSR count). The van der Waals surface area contributed by atoms with Crippen molar-refractivity contribution < 1.29 is 0 Å². The van der Waals surface area contributed by atoms with E-state index in [1.807, 2.05) is 6.92 Å². The van der Waals surface area contributed by atoms with Crippen LogP contribution in [0.5, 0.6) is 0 Å². The Morgan fingerprint density at radius 2 is 2.22 bits per heavy atom. The van der Waals surface area contributed by atoms with Crippen molar-refractivity contribution in [3.63, 3.8) is 0 Å². The fraction of sp³-hybridized carbons (Fsp3) is 0.750. The predicted molar refractivity (Wildman–Crippen MR) is 38.6 cm³/mol. The fourth-order valence-corrected chi connectivity index (χ4v) is 0.623. The van der Waals surface area contributed by atoms with E-state index >= 15 is 0 Å². The Labute approximate surface area is 57.7 Å². The lowest BCUT2D eigenvalue weighted by Gasteiger charge is -2.12. The Balaban J connectivity index is 3.49. The molecule has 0 heterocycles. The van der Waals surface area contributed by atoms with E-state index in [1.54, 1.807) is 0 Å². The van der Waals surface area contributed by atoms with E-state index < -0.39 is 0 Å². The summed E-state index contributed by atoms with van der Waals surface area (Å²) in [5.41, 5.74) is -0.351. The first-order chi connectivity index (χ1) is 4.12. The van der Waals surface area contributed by atoms with Gasteiger partial charge in [-0.05, 0) is 20.3 Å². The quantitative estimate of drug-likeness (QED) is 0.567. The van der Waals surface area contributed by atoms with Gasteiger partial charge in [0.1, 0.15) is 0 Å².